The fraction of sp³-hybridized carbons (Fsp3) is 1.00. The van der Waals surface area contributed by atoms with Gasteiger partial charge in [0.15, 0.2) is 0 Å². The smallest absolute Gasteiger partial charge is 0.000671 e. The van der Waals surface area contributed by atoms with Gasteiger partial charge in [-0.15, -0.1) is 0 Å². The van der Waals surface area contributed by atoms with Gasteiger partial charge in [-0.3, -0.25) is 0 Å². The van der Waals surface area contributed by atoms with Gasteiger partial charge >= 0.3 is 0 Å². The predicted octanol–water partition coefficient (Wildman–Crippen LogP) is 1.70. The van der Waals surface area contributed by atoms with Crippen LogP contribution in [0.3, 0.4) is 0 Å². The summed E-state index contributed by atoms with van der Waals surface area (Å²) in [7, 11) is 0. The Hall–Kier alpha value is -0.0800. The minimum atomic E-state index is 0.837. The summed E-state index contributed by atoms with van der Waals surface area (Å²) in [5.41, 5.74) is 5.49. The minimum Gasteiger partial charge on any atom is -0.330 e. The first-order valence-electron chi connectivity index (χ1n) is 5.66. The van der Waals surface area contributed by atoms with Crippen LogP contribution in [0, 0.1) is 11.8 Å². The highest BCUT2D eigenvalue weighted by Crippen LogP contribution is 2.24. The summed E-state index contributed by atoms with van der Waals surface area (Å²) in [5, 5.41) is 0. The number of hydrogen-bond donors (Lipinski definition) is 1. The zero-order valence-corrected chi connectivity index (χ0v) is 9.13. The van der Waals surface area contributed by atoms with E-state index in [2.05, 4.69) is 18.7 Å². The van der Waals surface area contributed by atoms with Crippen LogP contribution >= 0.6 is 0 Å². The number of rotatable bonds is 4. The average molecular weight is 184 g/mol. The molecule has 0 atom stereocenters. The quantitative estimate of drug-likeness (QED) is 0.720. The molecule has 1 aliphatic heterocycles. The Morgan fingerprint density at radius 1 is 1.31 bits per heavy atom. The molecular weight excluding hydrogens is 160 g/mol. The van der Waals surface area contributed by atoms with Crippen LogP contribution in [0.15, 0.2) is 0 Å². The molecule has 2 nitrogen and oxygen atoms in total. The van der Waals surface area contributed by atoms with Gasteiger partial charge in [-0.1, -0.05) is 13.8 Å². The molecule has 1 rings (SSSR count). The van der Waals surface area contributed by atoms with Crippen LogP contribution in [0.5, 0.6) is 0 Å². The topological polar surface area (TPSA) is 29.3 Å². The van der Waals surface area contributed by atoms with Crippen LogP contribution in [-0.4, -0.2) is 31.1 Å². The van der Waals surface area contributed by atoms with Crippen LogP contribution in [0.4, 0.5) is 0 Å². The number of nitrogens with two attached hydrogens (primary N) is 1. The molecule has 0 amide bonds. The van der Waals surface area contributed by atoms with Gasteiger partial charge in [0.25, 0.3) is 0 Å². The van der Waals surface area contributed by atoms with Crippen molar-refractivity contribution < 1.29 is 0 Å². The Kier molecular flexibility index (Phi) is 4.74. The zero-order valence-electron chi connectivity index (χ0n) is 9.13. The molecule has 1 heterocycles. The maximum Gasteiger partial charge on any atom is -0.000671 e. The summed E-state index contributed by atoms with van der Waals surface area (Å²) in [6.07, 6.45) is 3.94. The second-order valence-corrected chi connectivity index (χ2v) is 4.57. The van der Waals surface area contributed by atoms with E-state index in [0.29, 0.717) is 0 Å². The number of nitrogens with zero attached hydrogens (tertiary/aromatic N) is 1. The van der Waals surface area contributed by atoms with E-state index in [4.69, 9.17) is 5.73 Å². The molecule has 2 heteroatoms. The van der Waals surface area contributed by atoms with Crippen molar-refractivity contribution in [3.05, 3.63) is 0 Å². The van der Waals surface area contributed by atoms with Crippen molar-refractivity contribution in [3.8, 4) is 0 Å². The lowest BCUT2D eigenvalue weighted by atomic mass is 9.87. The molecule has 78 valence electrons. The molecule has 0 aromatic rings. The van der Waals surface area contributed by atoms with E-state index in [1.807, 2.05) is 0 Å². The van der Waals surface area contributed by atoms with Gasteiger partial charge in [0.2, 0.25) is 0 Å². The van der Waals surface area contributed by atoms with Gasteiger partial charge < -0.3 is 10.6 Å². The Morgan fingerprint density at radius 2 is 1.92 bits per heavy atom. The highest BCUT2D eigenvalue weighted by molar-refractivity contribution is 4.74. The highest BCUT2D eigenvalue weighted by Gasteiger charge is 2.20. The minimum absolute atomic E-state index is 0.837. The van der Waals surface area contributed by atoms with Gasteiger partial charge in [0, 0.05) is 0 Å². The monoisotopic (exact) mass is 184 g/mol. The van der Waals surface area contributed by atoms with Crippen molar-refractivity contribution in [2.75, 3.05) is 26.2 Å². The van der Waals surface area contributed by atoms with Gasteiger partial charge in [-0.25, -0.2) is 0 Å². The van der Waals surface area contributed by atoms with E-state index < -0.39 is 0 Å². The third kappa shape index (κ3) is 3.65. The van der Waals surface area contributed by atoms with E-state index >= 15 is 0 Å². The maximum atomic E-state index is 5.49. The van der Waals surface area contributed by atoms with Gasteiger partial charge in [0.1, 0.15) is 0 Å². The van der Waals surface area contributed by atoms with Gasteiger partial charge in [-0.2, -0.15) is 0 Å². The van der Waals surface area contributed by atoms with E-state index in [0.717, 1.165) is 24.8 Å². The lowest BCUT2D eigenvalue weighted by Crippen LogP contribution is -2.36. The molecule has 0 aliphatic carbocycles. The Balaban J connectivity index is 2.15. The van der Waals surface area contributed by atoms with Crippen LogP contribution in [0.2, 0.25) is 0 Å². The van der Waals surface area contributed by atoms with Crippen molar-refractivity contribution >= 4 is 0 Å². The first kappa shape index (κ1) is 11.0. The van der Waals surface area contributed by atoms with Crippen LogP contribution < -0.4 is 5.73 Å². The number of hydrogen-bond acceptors (Lipinski definition) is 2. The third-order valence-corrected chi connectivity index (χ3v) is 3.25. The summed E-state index contributed by atoms with van der Waals surface area (Å²) in [6.45, 7) is 9.33. The van der Waals surface area contributed by atoms with Crippen molar-refractivity contribution in [1.29, 1.82) is 0 Å². The fourth-order valence-corrected chi connectivity index (χ4v) is 2.16. The summed E-state index contributed by atoms with van der Waals surface area (Å²) in [6, 6.07) is 0. The van der Waals surface area contributed by atoms with Gasteiger partial charge in [0.05, 0.1) is 0 Å². The second-order valence-electron chi connectivity index (χ2n) is 4.57. The van der Waals surface area contributed by atoms with E-state index in [1.54, 1.807) is 0 Å². The lowest BCUT2D eigenvalue weighted by molar-refractivity contribution is 0.157. The fourth-order valence-electron chi connectivity index (χ4n) is 2.16. The molecule has 2 N–H and O–H groups in total. The summed E-state index contributed by atoms with van der Waals surface area (Å²) >= 11 is 0. The highest BCUT2D eigenvalue weighted by atomic mass is 15.1. The molecule has 0 aromatic carbocycles. The van der Waals surface area contributed by atoms with Crippen LogP contribution in [-0.2, 0) is 0 Å². The molecule has 0 unspecified atom stereocenters. The Morgan fingerprint density at radius 3 is 2.38 bits per heavy atom. The van der Waals surface area contributed by atoms with Crippen molar-refractivity contribution in [1.82, 2.24) is 4.90 Å². The normalized spacial score (nSPS) is 21.2. The largest absolute Gasteiger partial charge is 0.330 e. The van der Waals surface area contributed by atoms with E-state index in [9.17, 15) is 0 Å². The van der Waals surface area contributed by atoms with Crippen molar-refractivity contribution in [3.63, 3.8) is 0 Å². The average Bonchev–Trinajstić information content (AvgIpc) is 2.15. The van der Waals surface area contributed by atoms with Crippen LogP contribution in [0.25, 0.3) is 0 Å². The third-order valence-electron chi connectivity index (χ3n) is 3.25. The van der Waals surface area contributed by atoms with Crippen LogP contribution in [0.1, 0.15) is 33.1 Å². The van der Waals surface area contributed by atoms with Crippen molar-refractivity contribution in [2.24, 2.45) is 17.6 Å². The molecule has 1 aliphatic rings. The first-order chi connectivity index (χ1) is 6.24. The second kappa shape index (κ2) is 5.61. The lowest BCUT2D eigenvalue weighted by Gasteiger charge is -2.33. The Labute approximate surface area is 82.5 Å². The molecule has 0 aromatic heterocycles. The standard InChI is InChI=1S/C11H24N2/c1-10(2)11-4-8-13(9-5-11)7-3-6-12/h10-11H,3-9,12H2,1-2H3. The molecule has 0 radical (unpaired) electrons. The molecule has 1 fully saturated rings. The van der Waals surface area contributed by atoms with E-state index in [1.165, 1.54) is 32.5 Å². The van der Waals surface area contributed by atoms with E-state index in [-0.39, 0.29) is 0 Å². The Bertz CT molecular complexity index is 126. The molecule has 0 bridgehead atoms. The molecule has 13 heavy (non-hydrogen) atoms. The number of piperidine rings is 1. The van der Waals surface area contributed by atoms with Gasteiger partial charge in [-0.05, 0) is 57.3 Å². The zero-order chi connectivity index (χ0) is 9.68. The predicted molar refractivity (Wildman–Crippen MR) is 57.7 cm³/mol. The first-order valence-corrected chi connectivity index (χ1v) is 5.66. The maximum absolute atomic E-state index is 5.49. The summed E-state index contributed by atoms with van der Waals surface area (Å²) in [5.74, 6) is 1.84. The van der Waals surface area contributed by atoms with Crippen molar-refractivity contribution in [2.45, 2.75) is 33.1 Å². The SMILES string of the molecule is CC(C)C1CCN(CCCN)CC1. The molecule has 0 saturated carbocycles. The molecule has 1 saturated heterocycles. The molecular formula is C11H24N2. The number of likely N-dealkylation sites (tertiary alicyclic amines) is 1. The molecule has 0 spiro atoms. The summed E-state index contributed by atoms with van der Waals surface area (Å²) < 4.78 is 0. The summed E-state index contributed by atoms with van der Waals surface area (Å²) in [4.78, 5) is 2.56.